The second-order valence-corrected chi connectivity index (χ2v) is 6.85. The van der Waals surface area contributed by atoms with Crippen molar-refractivity contribution in [2.24, 2.45) is 5.73 Å². The van der Waals surface area contributed by atoms with E-state index in [-0.39, 0.29) is 5.75 Å². The SMILES string of the molecule is Cc1cc([C@H](N)c2ccc(OC(F)(F)F)cc2)cc(C)c1OCc1ccccc1. The van der Waals surface area contributed by atoms with E-state index >= 15 is 0 Å². The summed E-state index contributed by atoms with van der Waals surface area (Å²) in [6.07, 6.45) is -4.71. The number of rotatable bonds is 6. The molecule has 2 N–H and O–H groups in total. The van der Waals surface area contributed by atoms with Crippen LogP contribution in [-0.4, -0.2) is 6.36 Å². The minimum atomic E-state index is -4.71. The van der Waals surface area contributed by atoms with Crippen LogP contribution in [0.1, 0.15) is 33.9 Å². The van der Waals surface area contributed by atoms with E-state index in [1.54, 1.807) is 0 Å². The van der Waals surface area contributed by atoms with Crippen molar-refractivity contribution in [1.29, 1.82) is 0 Å². The standard InChI is InChI=1S/C23H22F3NO2/c1-15-12-19(13-16(2)22(15)28-14-17-6-4-3-5-7-17)21(27)18-8-10-20(11-9-18)29-23(24,25)26/h3-13,21H,14,27H2,1-2H3/t21-/m1/s1. The van der Waals surface area contributed by atoms with Crippen molar-refractivity contribution in [1.82, 2.24) is 0 Å². The van der Waals surface area contributed by atoms with E-state index in [1.807, 2.05) is 56.3 Å². The second kappa shape index (κ2) is 8.57. The summed E-state index contributed by atoms with van der Waals surface area (Å²) in [5.74, 6) is 0.532. The van der Waals surface area contributed by atoms with Gasteiger partial charge in [-0.25, -0.2) is 0 Å². The summed E-state index contributed by atoms with van der Waals surface area (Å²) in [6.45, 7) is 4.36. The number of alkyl halides is 3. The van der Waals surface area contributed by atoms with Crippen LogP contribution in [0.15, 0.2) is 66.7 Å². The van der Waals surface area contributed by atoms with Crippen molar-refractivity contribution in [3.05, 3.63) is 94.5 Å². The molecule has 29 heavy (non-hydrogen) atoms. The highest BCUT2D eigenvalue weighted by Crippen LogP contribution is 2.31. The van der Waals surface area contributed by atoms with E-state index in [9.17, 15) is 13.2 Å². The molecule has 3 nitrogen and oxygen atoms in total. The first-order chi connectivity index (χ1) is 13.7. The Morgan fingerprint density at radius 2 is 1.45 bits per heavy atom. The average molecular weight is 401 g/mol. The van der Waals surface area contributed by atoms with E-state index in [0.29, 0.717) is 12.2 Å². The van der Waals surface area contributed by atoms with Crippen LogP contribution in [0.4, 0.5) is 13.2 Å². The summed E-state index contributed by atoms with van der Waals surface area (Å²) in [5.41, 5.74) is 10.9. The van der Waals surface area contributed by atoms with Crippen molar-refractivity contribution in [3.8, 4) is 11.5 Å². The Balaban J connectivity index is 1.75. The minimum Gasteiger partial charge on any atom is -0.488 e. The van der Waals surface area contributed by atoms with Gasteiger partial charge in [-0.05, 0) is 53.8 Å². The molecular weight excluding hydrogens is 379 g/mol. The van der Waals surface area contributed by atoms with Gasteiger partial charge in [0.1, 0.15) is 18.1 Å². The lowest BCUT2D eigenvalue weighted by atomic mass is 9.95. The third kappa shape index (κ3) is 5.51. The summed E-state index contributed by atoms with van der Waals surface area (Å²) in [5, 5.41) is 0. The average Bonchev–Trinajstić information content (AvgIpc) is 2.67. The molecule has 6 heteroatoms. The Bertz CT molecular complexity index is 931. The summed E-state index contributed by atoms with van der Waals surface area (Å²) in [7, 11) is 0. The van der Waals surface area contributed by atoms with Gasteiger partial charge >= 0.3 is 6.36 Å². The van der Waals surface area contributed by atoms with Gasteiger partial charge in [-0.2, -0.15) is 0 Å². The van der Waals surface area contributed by atoms with Crippen LogP contribution >= 0.6 is 0 Å². The zero-order chi connectivity index (χ0) is 21.0. The topological polar surface area (TPSA) is 44.5 Å². The molecule has 0 aromatic heterocycles. The third-order valence-corrected chi connectivity index (χ3v) is 4.54. The molecule has 0 amide bonds. The normalized spacial score (nSPS) is 12.5. The maximum absolute atomic E-state index is 12.3. The molecule has 152 valence electrons. The van der Waals surface area contributed by atoms with Gasteiger partial charge in [0.25, 0.3) is 0 Å². The fraction of sp³-hybridized carbons (Fsp3) is 0.217. The zero-order valence-corrected chi connectivity index (χ0v) is 16.2. The summed E-state index contributed by atoms with van der Waals surface area (Å²) in [4.78, 5) is 0. The molecule has 0 aliphatic heterocycles. The number of benzene rings is 3. The second-order valence-electron chi connectivity index (χ2n) is 6.85. The fourth-order valence-electron chi connectivity index (χ4n) is 3.19. The van der Waals surface area contributed by atoms with Gasteiger partial charge in [0.2, 0.25) is 0 Å². The quantitative estimate of drug-likeness (QED) is 0.565. The highest BCUT2D eigenvalue weighted by atomic mass is 19.4. The van der Waals surface area contributed by atoms with Gasteiger partial charge in [-0.1, -0.05) is 54.6 Å². The van der Waals surface area contributed by atoms with Crippen molar-refractivity contribution < 1.29 is 22.6 Å². The van der Waals surface area contributed by atoms with Gasteiger partial charge in [0.05, 0.1) is 6.04 Å². The lowest BCUT2D eigenvalue weighted by Gasteiger charge is -2.18. The van der Waals surface area contributed by atoms with Crippen LogP contribution in [0.25, 0.3) is 0 Å². The molecular formula is C23H22F3NO2. The smallest absolute Gasteiger partial charge is 0.488 e. The zero-order valence-electron chi connectivity index (χ0n) is 16.2. The first-order valence-corrected chi connectivity index (χ1v) is 9.12. The Labute approximate surface area is 167 Å². The van der Waals surface area contributed by atoms with Crippen molar-refractivity contribution in [2.75, 3.05) is 0 Å². The molecule has 0 spiro atoms. The Morgan fingerprint density at radius 1 is 0.862 bits per heavy atom. The summed E-state index contributed by atoms with van der Waals surface area (Å²) in [6, 6.07) is 18.9. The molecule has 1 atom stereocenters. The number of aryl methyl sites for hydroxylation is 2. The molecule has 3 aromatic carbocycles. The van der Waals surface area contributed by atoms with Gasteiger partial charge in [-0.15, -0.1) is 13.2 Å². The van der Waals surface area contributed by atoms with Crippen molar-refractivity contribution in [2.45, 2.75) is 32.9 Å². The first-order valence-electron chi connectivity index (χ1n) is 9.12. The van der Waals surface area contributed by atoms with Crippen molar-refractivity contribution in [3.63, 3.8) is 0 Å². The van der Waals surface area contributed by atoms with Crippen LogP contribution in [0.5, 0.6) is 11.5 Å². The lowest BCUT2D eigenvalue weighted by molar-refractivity contribution is -0.274. The third-order valence-electron chi connectivity index (χ3n) is 4.54. The molecule has 3 aromatic rings. The number of hydrogen-bond acceptors (Lipinski definition) is 3. The van der Waals surface area contributed by atoms with Crippen LogP contribution in [-0.2, 0) is 6.61 Å². The molecule has 0 unspecified atom stereocenters. The number of nitrogens with two attached hydrogens (primary N) is 1. The minimum absolute atomic E-state index is 0.273. The molecule has 0 saturated heterocycles. The molecule has 3 rings (SSSR count). The van der Waals surface area contributed by atoms with Crippen molar-refractivity contribution >= 4 is 0 Å². The van der Waals surface area contributed by atoms with E-state index in [0.717, 1.165) is 28.0 Å². The Morgan fingerprint density at radius 3 is 2.00 bits per heavy atom. The van der Waals surface area contributed by atoms with Gasteiger partial charge in [0.15, 0.2) is 0 Å². The van der Waals surface area contributed by atoms with E-state index in [1.165, 1.54) is 24.3 Å². The maximum atomic E-state index is 12.3. The lowest BCUT2D eigenvalue weighted by Crippen LogP contribution is -2.17. The van der Waals surface area contributed by atoms with Crippen LogP contribution in [0.3, 0.4) is 0 Å². The van der Waals surface area contributed by atoms with Crippen LogP contribution < -0.4 is 15.2 Å². The molecule has 0 saturated carbocycles. The van der Waals surface area contributed by atoms with E-state index in [2.05, 4.69) is 4.74 Å². The van der Waals surface area contributed by atoms with E-state index in [4.69, 9.17) is 10.5 Å². The van der Waals surface area contributed by atoms with Crippen LogP contribution in [0, 0.1) is 13.8 Å². The predicted molar refractivity (Wildman–Crippen MR) is 106 cm³/mol. The molecule has 0 aliphatic carbocycles. The largest absolute Gasteiger partial charge is 0.573 e. The monoisotopic (exact) mass is 401 g/mol. The van der Waals surface area contributed by atoms with Gasteiger partial charge in [0, 0.05) is 0 Å². The number of hydrogen-bond donors (Lipinski definition) is 1. The molecule has 0 bridgehead atoms. The van der Waals surface area contributed by atoms with Gasteiger partial charge in [-0.3, -0.25) is 0 Å². The Kier molecular flexibility index (Phi) is 6.13. The highest BCUT2D eigenvalue weighted by Gasteiger charge is 2.31. The van der Waals surface area contributed by atoms with Crippen LogP contribution in [0.2, 0.25) is 0 Å². The van der Waals surface area contributed by atoms with Gasteiger partial charge < -0.3 is 15.2 Å². The predicted octanol–water partition coefficient (Wildman–Crippen LogP) is 5.83. The maximum Gasteiger partial charge on any atom is 0.573 e. The number of halogens is 3. The molecule has 0 aliphatic rings. The first kappa shape index (κ1) is 20.7. The highest BCUT2D eigenvalue weighted by molar-refractivity contribution is 5.46. The fourth-order valence-corrected chi connectivity index (χ4v) is 3.19. The Hall–Kier alpha value is -2.99. The number of ether oxygens (including phenoxy) is 2. The summed E-state index contributed by atoms with van der Waals surface area (Å²) >= 11 is 0. The molecule has 0 heterocycles. The molecule has 0 fully saturated rings. The summed E-state index contributed by atoms with van der Waals surface area (Å²) < 4.78 is 46.8. The molecule has 0 radical (unpaired) electrons. The van der Waals surface area contributed by atoms with E-state index < -0.39 is 12.4 Å².